The minimum Gasteiger partial charge on any atom is -0.457 e. The van der Waals surface area contributed by atoms with E-state index in [0.29, 0.717) is 11.3 Å². The van der Waals surface area contributed by atoms with E-state index in [9.17, 15) is 36.9 Å². The van der Waals surface area contributed by atoms with Crippen LogP contribution in [0.2, 0.25) is 0 Å². The first-order valence-electron chi connectivity index (χ1n) is 10.5. The van der Waals surface area contributed by atoms with E-state index < -0.39 is 34.9 Å². The van der Waals surface area contributed by atoms with Crippen molar-refractivity contribution in [2.24, 2.45) is 0 Å². The SMILES string of the molecule is O=C(Nc1cc(Oc2cccc(C(F)(F)F)c2)cc([N+](=O)[O-])c1)c1cc(-c2ccc(OC(F)F)cc2)n[nH]1. The van der Waals surface area contributed by atoms with Gasteiger partial charge in [0.15, 0.2) is 0 Å². The molecule has 14 heteroatoms. The second kappa shape index (κ2) is 10.5. The number of aromatic amines is 1. The molecule has 0 bridgehead atoms. The quantitative estimate of drug-likeness (QED) is 0.148. The Kier molecular flexibility index (Phi) is 7.23. The Morgan fingerprint density at radius 1 is 0.974 bits per heavy atom. The molecular formula is C24H15F5N4O5. The van der Waals surface area contributed by atoms with Gasteiger partial charge in [0.25, 0.3) is 11.6 Å². The van der Waals surface area contributed by atoms with Crippen molar-refractivity contribution in [3.05, 3.63) is 94.2 Å². The molecule has 4 rings (SSSR count). The number of hydrogen-bond acceptors (Lipinski definition) is 6. The first-order valence-corrected chi connectivity index (χ1v) is 10.5. The Bertz CT molecular complexity index is 1470. The van der Waals surface area contributed by atoms with Crippen LogP contribution in [0.25, 0.3) is 11.3 Å². The maximum absolute atomic E-state index is 13.0. The van der Waals surface area contributed by atoms with Crippen molar-refractivity contribution in [2.45, 2.75) is 12.8 Å². The molecule has 0 spiro atoms. The molecule has 4 aromatic rings. The fourth-order valence-corrected chi connectivity index (χ4v) is 3.28. The smallest absolute Gasteiger partial charge is 0.416 e. The van der Waals surface area contributed by atoms with Crippen LogP contribution in [0.4, 0.5) is 33.3 Å². The predicted molar refractivity (Wildman–Crippen MR) is 123 cm³/mol. The molecule has 1 aromatic heterocycles. The molecule has 1 heterocycles. The van der Waals surface area contributed by atoms with E-state index in [1.807, 2.05) is 0 Å². The molecule has 2 N–H and O–H groups in total. The maximum atomic E-state index is 13.0. The fourth-order valence-electron chi connectivity index (χ4n) is 3.28. The highest BCUT2D eigenvalue weighted by molar-refractivity contribution is 6.03. The van der Waals surface area contributed by atoms with Crippen LogP contribution in [0.1, 0.15) is 16.1 Å². The lowest BCUT2D eigenvalue weighted by Crippen LogP contribution is -2.12. The van der Waals surface area contributed by atoms with E-state index in [1.54, 1.807) is 0 Å². The number of carbonyl (C=O) groups is 1. The number of non-ortho nitro benzene ring substituents is 1. The molecule has 0 saturated carbocycles. The minimum absolute atomic E-state index is 0.0419. The second-order valence-corrected chi connectivity index (χ2v) is 7.62. The number of benzene rings is 3. The largest absolute Gasteiger partial charge is 0.457 e. The number of anilines is 1. The molecule has 196 valence electrons. The number of amides is 1. The molecule has 0 aliphatic carbocycles. The number of nitro groups is 1. The van der Waals surface area contributed by atoms with Gasteiger partial charge in [0.05, 0.1) is 27.9 Å². The Labute approximate surface area is 210 Å². The summed E-state index contributed by atoms with van der Waals surface area (Å²) in [6.45, 7) is -2.98. The number of ether oxygens (including phenoxy) is 2. The Balaban J connectivity index is 1.53. The Morgan fingerprint density at radius 2 is 1.71 bits per heavy atom. The van der Waals surface area contributed by atoms with Gasteiger partial charge in [-0.25, -0.2) is 0 Å². The van der Waals surface area contributed by atoms with E-state index in [4.69, 9.17) is 4.74 Å². The summed E-state index contributed by atoms with van der Waals surface area (Å²) in [5.74, 6) is -1.22. The van der Waals surface area contributed by atoms with E-state index in [1.165, 1.54) is 42.5 Å². The summed E-state index contributed by atoms with van der Waals surface area (Å²) in [5, 5.41) is 20.3. The van der Waals surface area contributed by atoms with Gasteiger partial charge in [-0.3, -0.25) is 20.0 Å². The molecule has 0 fully saturated rings. The van der Waals surface area contributed by atoms with Gasteiger partial charge in [0.1, 0.15) is 22.9 Å². The van der Waals surface area contributed by atoms with Crippen molar-refractivity contribution >= 4 is 17.3 Å². The average molecular weight is 534 g/mol. The fraction of sp³-hybridized carbons (Fsp3) is 0.0833. The van der Waals surface area contributed by atoms with Crippen molar-refractivity contribution in [1.82, 2.24) is 10.2 Å². The van der Waals surface area contributed by atoms with Crippen molar-refractivity contribution < 1.29 is 41.1 Å². The summed E-state index contributed by atoms with van der Waals surface area (Å²) in [7, 11) is 0. The number of nitro benzene ring substituents is 1. The molecule has 1 amide bonds. The summed E-state index contributed by atoms with van der Waals surface area (Å²) in [5.41, 5.74) is -0.794. The van der Waals surface area contributed by atoms with E-state index in [-0.39, 0.29) is 28.6 Å². The van der Waals surface area contributed by atoms with Gasteiger partial charge in [0.2, 0.25) is 0 Å². The third-order valence-electron chi connectivity index (χ3n) is 4.95. The van der Waals surface area contributed by atoms with Gasteiger partial charge in [-0.15, -0.1) is 0 Å². The van der Waals surface area contributed by atoms with Crippen LogP contribution in [-0.4, -0.2) is 27.6 Å². The molecule has 0 atom stereocenters. The van der Waals surface area contributed by atoms with E-state index >= 15 is 0 Å². The van der Waals surface area contributed by atoms with Gasteiger partial charge in [-0.1, -0.05) is 6.07 Å². The lowest BCUT2D eigenvalue weighted by Gasteiger charge is -2.11. The number of hydrogen-bond donors (Lipinski definition) is 2. The van der Waals surface area contributed by atoms with Crippen LogP contribution in [0.3, 0.4) is 0 Å². The molecule has 9 nitrogen and oxygen atoms in total. The zero-order valence-corrected chi connectivity index (χ0v) is 18.8. The van der Waals surface area contributed by atoms with Gasteiger partial charge < -0.3 is 14.8 Å². The molecule has 0 radical (unpaired) electrons. The van der Waals surface area contributed by atoms with Crippen LogP contribution in [0, 0.1) is 10.1 Å². The van der Waals surface area contributed by atoms with Crippen LogP contribution >= 0.6 is 0 Å². The third-order valence-corrected chi connectivity index (χ3v) is 4.95. The molecule has 0 aliphatic heterocycles. The van der Waals surface area contributed by atoms with Crippen molar-refractivity contribution in [3.8, 4) is 28.5 Å². The molecule has 0 saturated heterocycles. The highest BCUT2D eigenvalue weighted by Gasteiger charge is 2.30. The van der Waals surface area contributed by atoms with Crippen LogP contribution in [0.5, 0.6) is 17.2 Å². The normalized spacial score (nSPS) is 11.3. The maximum Gasteiger partial charge on any atom is 0.416 e. The number of nitrogens with zero attached hydrogens (tertiary/aromatic N) is 2. The first-order chi connectivity index (χ1) is 18.0. The molecule has 3 aromatic carbocycles. The molecule has 0 unspecified atom stereocenters. The summed E-state index contributed by atoms with van der Waals surface area (Å²) in [6, 6.07) is 14.0. The molecule has 0 aliphatic rings. The number of halogens is 5. The van der Waals surface area contributed by atoms with Crippen molar-refractivity contribution in [1.29, 1.82) is 0 Å². The van der Waals surface area contributed by atoms with Gasteiger partial charge in [-0.2, -0.15) is 27.1 Å². The zero-order chi connectivity index (χ0) is 27.4. The number of H-pyrrole nitrogens is 1. The number of nitrogens with one attached hydrogen (secondary N) is 2. The lowest BCUT2D eigenvalue weighted by molar-refractivity contribution is -0.384. The lowest BCUT2D eigenvalue weighted by atomic mass is 10.1. The predicted octanol–water partition coefficient (Wildman–Crippen LogP) is 6.65. The Morgan fingerprint density at radius 3 is 2.37 bits per heavy atom. The van der Waals surface area contributed by atoms with E-state index in [0.717, 1.165) is 30.3 Å². The second-order valence-electron chi connectivity index (χ2n) is 7.62. The van der Waals surface area contributed by atoms with Crippen molar-refractivity contribution in [3.63, 3.8) is 0 Å². The Hall–Kier alpha value is -5.01. The number of alkyl halides is 5. The van der Waals surface area contributed by atoms with Crippen LogP contribution in [-0.2, 0) is 6.18 Å². The summed E-state index contributed by atoms with van der Waals surface area (Å²) in [6.07, 6.45) is -4.62. The third kappa shape index (κ3) is 6.40. The number of carbonyl (C=O) groups excluding carboxylic acids is 1. The van der Waals surface area contributed by atoms with Gasteiger partial charge in [0, 0.05) is 17.7 Å². The molecule has 38 heavy (non-hydrogen) atoms. The van der Waals surface area contributed by atoms with E-state index in [2.05, 4.69) is 20.3 Å². The zero-order valence-electron chi connectivity index (χ0n) is 18.8. The number of aromatic nitrogens is 2. The topological polar surface area (TPSA) is 119 Å². The van der Waals surface area contributed by atoms with Crippen LogP contribution in [0.15, 0.2) is 72.8 Å². The number of rotatable bonds is 8. The summed E-state index contributed by atoms with van der Waals surface area (Å²) < 4.78 is 73.2. The van der Waals surface area contributed by atoms with Crippen LogP contribution < -0.4 is 14.8 Å². The minimum atomic E-state index is -4.62. The highest BCUT2D eigenvalue weighted by Crippen LogP contribution is 2.34. The standard InChI is InChI=1S/C24H15F5N4O5/c25-23(26)38-17-6-4-13(5-7-17)20-12-21(32-31-20)22(34)30-15-9-16(33(35)36)11-19(10-15)37-18-3-1-2-14(8-18)24(27,28)29/h1-12,23H,(H,30,34)(H,31,32). The molecular weight excluding hydrogens is 519 g/mol. The van der Waals surface area contributed by atoms with Gasteiger partial charge in [-0.05, 0) is 48.5 Å². The highest BCUT2D eigenvalue weighted by atomic mass is 19.4. The monoisotopic (exact) mass is 534 g/mol. The summed E-state index contributed by atoms with van der Waals surface area (Å²) in [4.78, 5) is 23.3. The van der Waals surface area contributed by atoms with Crippen molar-refractivity contribution in [2.75, 3.05) is 5.32 Å². The first kappa shape index (κ1) is 26.1. The average Bonchev–Trinajstić information content (AvgIpc) is 3.34. The van der Waals surface area contributed by atoms with Gasteiger partial charge >= 0.3 is 12.8 Å². The summed E-state index contributed by atoms with van der Waals surface area (Å²) >= 11 is 0.